The van der Waals surface area contributed by atoms with Gasteiger partial charge >= 0.3 is 0 Å². The lowest BCUT2D eigenvalue weighted by Crippen LogP contribution is -2.18. The van der Waals surface area contributed by atoms with Gasteiger partial charge in [0, 0.05) is 11.8 Å². The van der Waals surface area contributed by atoms with Gasteiger partial charge < -0.3 is 16.2 Å². The molecule has 0 radical (unpaired) electrons. The molecule has 0 fully saturated rings. The quantitative estimate of drug-likeness (QED) is 0.578. The van der Waals surface area contributed by atoms with Crippen LogP contribution in [0.15, 0.2) is 18.2 Å². The van der Waals surface area contributed by atoms with Gasteiger partial charge in [-0.25, -0.2) is 0 Å². The molecule has 5 heteroatoms. The predicted molar refractivity (Wildman–Crippen MR) is 53.2 cm³/mol. The van der Waals surface area contributed by atoms with Gasteiger partial charge in [-0.3, -0.25) is 0 Å². The fourth-order valence-electron chi connectivity index (χ4n) is 0.846. The summed E-state index contributed by atoms with van der Waals surface area (Å²) in [5.41, 5.74) is 5.99. The third kappa shape index (κ3) is 2.32. The molecule has 0 atom stereocenters. The minimum absolute atomic E-state index is 0.0937. The number of nitrogens with two attached hydrogens (primary N) is 1. The number of nitrogens with one attached hydrogen (secondary N) is 1. The fraction of sp³-hybridized carbons (Fsp3) is 0. The molecule has 0 aliphatic rings. The molecule has 0 aliphatic heterocycles. The van der Waals surface area contributed by atoms with E-state index in [1.807, 2.05) is 6.07 Å². The Morgan fingerprint density at radius 2 is 2.31 bits per heavy atom. The Hall–Kier alpha value is -1.80. The van der Waals surface area contributed by atoms with Crippen LogP contribution in [0, 0.1) is 11.3 Å². The first-order valence-corrected chi connectivity index (χ1v) is 3.84. The SMILES string of the molecule is N#Cc1ccc(NC(N)=S)cc1O. The lowest BCUT2D eigenvalue weighted by Gasteiger charge is -2.04. The first-order chi connectivity index (χ1) is 6.13. The molecule has 66 valence electrons. The summed E-state index contributed by atoms with van der Waals surface area (Å²) in [7, 11) is 0. The number of phenolic OH excluding ortho intramolecular Hbond substituents is 1. The van der Waals surface area contributed by atoms with Crippen molar-refractivity contribution in [3.63, 3.8) is 0 Å². The lowest BCUT2D eigenvalue weighted by atomic mass is 10.2. The third-order valence-electron chi connectivity index (χ3n) is 1.39. The number of hydrogen-bond donors (Lipinski definition) is 3. The van der Waals surface area contributed by atoms with Gasteiger partial charge in [-0.2, -0.15) is 5.26 Å². The van der Waals surface area contributed by atoms with Crippen molar-refractivity contribution in [1.82, 2.24) is 0 Å². The van der Waals surface area contributed by atoms with E-state index in [0.717, 1.165) is 0 Å². The summed E-state index contributed by atoms with van der Waals surface area (Å²) in [6, 6.07) is 6.31. The summed E-state index contributed by atoms with van der Waals surface area (Å²) in [4.78, 5) is 0. The summed E-state index contributed by atoms with van der Waals surface area (Å²) in [5, 5.41) is 20.5. The monoisotopic (exact) mass is 193 g/mol. The molecule has 0 saturated heterocycles. The summed E-state index contributed by atoms with van der Waals surface area (Å²) in [6.07, 6.45) is 0. The highest BCUT2D eigenvalue weighted by Gasteiger charge is 2.01. The van der Waals surface area contributed by atoms with Gasteiger partial charge in [-0.05, 0) is 24.4 Å². The average molecular weight is 193 g/mol. The predicted octanol–water partition coefficient (Wildman–Crippen LogP) is 0.919. The Kier molecular flexibility index (Phi) is 2.67. The molecule has 1 aromatic carbocycles. The summed E-state index contributed by atoms with van der Waals surface area (Å²) < 4.78 is 0. The van der Waals surface area contributed by atoms with E-state index in [0.29, 0.717) is 5.69 Å². The summed E-state index contributed by atoms with van der Waals surface area (Å²) in [5.74, 6) is -0.0937. The van der Waals surface area contributed by atoms with Gasteiger partial charge in [-0.15, -0.1) is 0 Å². The topological polar surface area (TPSA) is 82.1 Å². The van der Waals surface area contributed by atoms with Gasteiger partial charge in [0.25, 0.3) is 0 Å². The van der Waals surface area contributed by atoms with Crippen molar-refractivity contribution in [2.45, 2.75) is 0 Å². The summed E-state index contributed by atoms with van der Waals surface area (Å²) >= 11 is 4.60. The van der Waals surface area contributed by atoms with E-state index in [-0.39, 0.29) is 16.4 Å². The van der Waals surface area contributed by atoms with Gasteiger partial charge in [0.1, 0.15) is 11.8 Å². The Morgan fingerprint density at radius 3 is 2.77 bits per heavy atom. The molecule has 13 heavy (non-hydrogen) atoms. The number of benzene rings is 1. The molecule has 4 nitrogen and oxygen atoms in total. The van der Waals surface area contributed by atoms with E-state index in [4.69, 9.17) is 11.0 Å². The van der Waals surface area contributed by atoms with Crippen molar-refractivity contribution < 1.29 is 5.11 Å². The van der Waals surface area contributed by atoms with Gasteiger partial charge in [0.2, 0.25) is 0 Å². The molecule has 1 rings (SSSR count). The van der Waals surface area contributed by atoms with E-state index in [2.05, 4.69) is 17.5 Å². The molecular weight excluding hydrogens is 186 g/mol. The van der Waals surface area contributed by atoms with Crippen LogP contribution in [0.4, 0.5) is 5.69 Å². The highest BCUT2D eigenvalue weighted by molar-refractivity contribution is 7.80. The Bertz CT molecular complexity index is 383. The van der Waals surface area contributed by atoms with Crippen molar-refractivity contribution in [1.29, 1.82) is 5.26 Å². The second kappa shape index (κ2) is 3.74. The second-order valence-corrected chi connectivity index (χ2v) is 2.77. The minimum atomic E-state index is -0.0937. The maximum absolute atomic E-state index is 9.26. The number of aromatic hydroxyl groups is 1. The van der Waals surface area contributed by atoms with E-state index in [1.54, 1.807) is 6.07 Å². The van der Waals surface area contributed by atoms with Crippen LogP contribution in [0.3, 0.4) is 0 Å². The van der Waals surface area contributed by atoms with E-state index < -0.39 is 0 Å². The Balaban J connectivity index is 2.97. The van der Waals surface area contributed by atoms with Gasteiger partial charge in [0.05, 0.1) is 5.56 Å². The Labute approximate surface area is 80.6 Å². The fourth-order valence-corrected chi connectivity index (χ4v) is 0.964. The van der Waals surface area contributed by atoms with Crippen molar-refractivity contribution in [2.24, 2.45) is 5.73 Å². The molecular formula is C8H7N3OS. The average Bonchev–Trinajstić information content (AvgIpc) is 2.03. The molecule has 0 aromatic heterocycles. The standard InChI is InChI=1S/C8H7N3OS/c9-4-5-1-2-6(3-7(5)12)11-8(10)13/h1-3,12H,(H3,10,11,13). The molecule has 0 saturated carbocycles. The zero-order valence-corrected chi connectivity index (χ0v) is 7.43. The van der Waals surface area contributed by atoms with Gasteiger partial charge in [-0.1, -0.05) is 0 Å². The van der Waals surface area contributed by atoms with Crippen molar-refractivity contribution in [3.05, 3.63) is 23.8 Å². The van der Waals surface area contributed by atoms with Crippen molar-refractivity contribution in [2.75, 3.05) is 5.32 Å². The number of phenols is 1. The number of nitrogens with zero attached hydrogens (tertiary/aromatic N) is 1. The van der Waals surface area contributed by atoms with Crippen LogP contribution >= 0.6 is 12.2 Å². The molecule has 0 unspecified atom stereocenters. The summed E-state index contributed by atoms with van der Waals surface area (Å²) in [6.45, 7) is 0. The third-order valence-corrected chi connectivity index (χ3v) is 1.49. The zero-order chi connectivity index (χ0) is 9.84. The number of anilines is 1. The van der Waals surface area contributed by atoms with Crippen molar-refractivity contribution >= 4 is 23.0 Å². The van der Waals surface area contributed by atoms with Crippen LogP contribution in [0.25, 0.3) is 0 Å². The van der Waals surface area contributed by atoms with Crippen LogP contribution in [0.1, 0.15) is 5.56 Å². The van der Waals surface area contributed by atoms with Crippen LogP contribution in [0.2, 0.25) is 0 Å². The highest BCUT2D eigenvalue weighted by Crippen LogP contribution is 2.20. The van der Waals surface area contributed by atoms with Crippen LogP contribution in [-0.2, 0) is 0 Å². The lowest BCUT2D eigenvalue weighted by molar-refractivity contribution is 0.474. The first kappa shape index (κ1) is 9.29. The Morgan fingerprint density at radius 1 is 1.62 bits per heavy atom. The van der Waals surface area contributed by atoms with E-state index >= 15 is 0 Å². The largest absolute Gasteiger partial charge is 0.506 e. The van der Waals surface area contributed by atoms with E-state index in [1.165, 1.54) is 12.1 Å². The van der Waals surface area contributed by atoms with Crippen molar-refractivity contribution in [3.8, 4) is 11.8 Å². The molecule has 0 amide bonds. The van der Waals surface area contributed by atoms with E-state index in [9.17, 15) is 5.11 Å². The number of hydrogen-bond acceptors (Lipinski definition) is 3. The zero-order valence-electron chi connectivity index (χ0n) is 6.61. The smallest absolute Gasteiger partial charge is 0.168 e. The van der Waals surface area contributed by atoms with Crippen LogP contribution in [-0.4, -0.2) is 10.2 Å². The first-order valence-electron chi connectivity index (χ1n) is 3.43. The molecule has 0 aliphatic carbocycles. The normalized spacial score (nSPS) is 8.85. The molecule has 0 bridgehead atoms. The molecule has 0 heterocycles. The maximum Gasteiger partial charge on any atom is 0.168 e. The minimum Gasteiger partial charge on any atom is -0.506 e. The van der Waals surface area contributed by atoms with Crippen LogP contribution in [0.5, 0.6) is 5.75 Å². The molecule has 4 N–H and O–H groups in total. The number of rotatable bonds is 1. The number of nitriles is 1. The molecule has 1 aromatic rings. The maximum atomic E-state index is 9.26. The highest BCUT2D eigenvalue weighted by atomic mass is 32.1. The molecule has 0 spiro atoms. The van der Waals surface area contributed by atoms with Crippen LogP contribution < -0.4 is 11.1 Å². The van der Waals surface area contributed by atoms with Gasteiger partial charge in [0.15, 0.2) is 5.11 Å². The number of thiocarbonyl (C=S) groups is 1. The second-order valence-electron chi connectivity index (χ2n) is 2.33.